The first-order chi connectivity index (χ1) is 27.3. The SMILES string of the molecule is c1cc(-c2cc(-n3c4ccccc4c4ccccc43)cc(-n3c4ccccc4c4ccccc43)c2)cc(-c2nc3c(nc4ccccn43)c3ccccc23)c1. The molecule has 0 unspecified atom stereocenters. The summed E-state index contributed by atoms with van der Waals surface area (Å²) in [5, 5.41) is 7.14. The third kappa shape index (κ3) is 4.41. The zero-order chi connectivity index (χ0) is 36.0. The van der Waals surface area contributed by atoms with Gasteiger partial charge in [-0.2, -0.15) is 0 Å². The largest absolute Gasteiger partial charge is 0.309 e. The van der Waals surface area contributed by atoms with Crippen molar-refractivity contribution in [3.63, 3.8) is 0 Å². The molecule has 0 saturated carbocycles. The lowest BCUT2D eigenvalue weighted by Gasteiger charge is -2.16. The number of para-hydroxylation sites is 4. The van der Waals surface area contributed by atoms with E-state index in [1.54, 1.807) is 0 Å². The summed E-state index contributed by atoms with van der Waals surface area (Å²) in [5.74, 6) is 0. The minimum absolute atomic E-state index is 0.858. The number of rotatable bonds is 4. The highest BCUT2D eigenvalue weighted by Gasteiger charge is 2.19. The predicted octanol–water partition coefficient (Wildman–Crippen LogP) is 12.6. The third-order valence-corrected chi connectivity index (χ3v) is 11.2. The molecule has 0 aliphatic heterocycles. The van der Waals surface area contributed by atoms with Crippen molar-refractivity contribution >= 4 is 71.2 Å². The van der Waals surface area contributed by atoms with Gasteiger partial charge >= 0.3 is 0 Å². The molecule has 0 aliphatic carbocycles. The molecule has 0 N–H and O–H groups in total. The number of hydrogen-bond acceptors (Lipinski definition) is 2. The molecule has 0 spiro atoms. The second-order valence-corrected chi connectivity index (χ2v) is 14.3. The fourth-order valence-electron chi connectivity index (χ4n) is 8.82. The smallest absolute Gasteiger partial charge is 0.165 e. The van der Waals surface area contributed by atoms with Crippen molar-refractivity contribution in [1.29, 1.82) is 0 Å². The van der Waals surface area contributed by atoms with Crippen molar-refractivity contribution in [3.05, 3.63) is 188 Å². The average molecular weight is 702 g/mol. The van der Waals surface area contributed by atoms with Crippen LogP contribution < -0.4 is 0 Å². The Labute approximate surface area is 315 Å². The second-order valence-electron chi connectivity index (χ2n) is 14.3. The molecule has 0 atom stereocenters. The van der Waals surface area contributed by atoms with Gasteiger partial charge in [0, 0.05) is 55.5 Å². The Morgan fingerprint density at radius 2 is 0.836 bits per heavy atom. The normalized spacial score (nSPS) is 12.0. The Morgan fingerprint density at radius 3 is 1.42 bits per heavy atom. The maximum absolute atomic E-state index is 5.34. The van der Waals surface area contributed by atoms with E-state index in [2.05, 4.69) is 177 Å². The topological polar surface area (TPSA) is 40.0 Å². The number of nitrogens with zero attached hydrogens (tertiary/aromatic N) is 5. The van der Waals surface area contributed by atoms with E-state index in [1.165, 1.54) is 43.6 Å². The molecular weight excluding hydrogens is 671 g/mol. The molecular formula is C50H31N5. The van der Waals surface area contributed by atoms with Crippen LogP contribution in [-0.2, 0) is 0 Å². The van der Waals surface area contributed by atoms with E-state index in [1.807, 2.05) is 24.4 Å². The van der Waals surface area contributed by atoms with E-state index in [0.29, 0.717) is 0 Å². The molecule has 5 heterocycles. The molecule has 256 valence electrons. The van der Waals surface area contributed by atoms with Crippen molar-refractivity contribution in [3.8, 4) is 33.8 Å². The Balaban J connectivity index is 1.14. The summed E-state index contributed by atoms with van der Waals surface area (Å²) in [6, 6.07) is 65.4. The summed E-state index contributed by atoms with van der Waals surface area (Å²) in [7, 11) is 0. The van der Waals surface area contributed by atoms with Crippen molar-refractivity contribution in [1.82, 2.24) is 23.5 Å². The molecule has 12 rings (SSSR count). The summed E-state index contributed by atoms with van der Waals surface area (Å²) in [6.45, 7) is 0. The molecule has 55 heavy (non-hydrogen) atoms. The molecule has 12 aromatic rings. The summed E-state index contributed by atoms with van der Waals surface area (Å²) in [5.41, 5.74) is 13.8. The minimum atomic E-state index is 0.858. The standard InChI is InChI=1S/C50H31N5/c1-2-21-42-41(20-1)48(52-50-49(42)51-47-26-11-12-27-53(47)50)33-15-13-14-32(28-33)34-29-35(54-43-22-7-3-16-37(43)38-17-4-8-23-44(38)54)31-36(30-34)55-45-24-9-5-18-39(45)40-19-6-10-25-46(40)55/h1-31H. The van der Waals surface area contributed by atoms with E-state index < -0.39 is 0 Å². The summed E-state index contributed by atoms with van der Waals surface area (Å²) in [6.07, 6.45) is 2.04. The van der Waals surface area contributed by atoms with Gasteiger partial charge in [-0.3, -0.25) is 4.40 Å². The third-order valence-electron chi connectivity index (χ3n) is 11.2. The molecule has 7 aromatic carbocycles. The van der Waals surface area contributed by atoms with Crippen LogP contribution in [0.1, 0.15) is 0 Å². The average Bonchev–Trinajstić information content (AvgIpc) is 3.91. The van der Waals surface area contributed by atoms with Crippen LogP contribution in [0, 0.1) is 0 Å². The number of imidazole rings is 1. The van der Waals surface area contributed by atoms with E-state index in [0.717, 1.165) is 61.3 Å². The zero-order valence-corrected chi connectivity index (χ0v) is 29.6. The fraction of sp³-hybridized carbons (Fsp3) is 0. The van der Waals surface area contributed by atoms with Gasteiger partial charge in [0.2, 0.25) is 0 Å². The molecule has 5 aromatic heterocycles. The van der Waals surface area contributed by atoms with Gasteiger partial charge < -0.3 is 9.13 Å². The monoisotopic (exact) mass is 701 g/mol. The van der Waals surface area contributed by atoms with Gasteiger partial charge in [-0.25, -0.2) is 9.97 Å². The highest BCUT2D eigenvalue weighted by atomic mass is 15.1. The van der Waals surface area contributed by atoms with Crippen LogP contribution in [-0.4, -0.2) is 23.5 Å². The lowest BCUT2D eigenvalue weighted by Crippen LogP contribution is -2.00. The number of fused-ring (bicyclic) bond motifs is 11. The van der Waals surface area contributed by atoms with Gasteiger partial charge in [0.15, 0.2) is 5.65 Å². The van der Waals surface area contributed by atoms with Crippen LogP contribution in [0.15, 0.2) is 188 Å². The van der Waals surface area contributed by atoms with Crippen molar-refractivity contribution in [2.75, 3.05) is 0 Å². The zero-order valence-electron chi connectivity index (χ0n) is 29.6. The molecule has 0 bridgehead atoms. The van der Waals surface area contributed by atoms with Crippen molar-refractivity contribution in [2.24, 2.45) is 0 Å². The lowest BCUT2D eigenvalue weighted by molar-refractivity contribution is 1.13. The maximum Gasteiger partial charge on any atom is 0.165 e. The van der Waals surface area contributed by atoms with Gasteiger partial charge in [-0.05, 0) is 71.8 Å². The van der Waals surface area contributed by atoms with Gasteiger partial charge in [-0.15, -0.1) is 0 Å². The lowest BCUT2D eigenvalue weighted by atomic mass is 9.98. The molecule has 0 amide bonds. The Bertz CT molecular complexity index is 3270. The highest BCUT2D eigenvalue weighted by Crippen LogP contribution is 2.39. The van der Waals surface area contributed by atoms with Crippen molar-refractivity contribution in [2.45, 2.75) is 0 Å². The van der Waals surface area contributed by atoms with Crippen LogP contribution in [0.25, 0.3) is 105 Å². The first-order valence-corrected chi connectivity index (χ1v) is 18.7. The summed E-state index contributed by atoms with van der Waals surface area (Å²) < 4.78 is 6.93. The number of hydrogen-bond donors (Lipinski definition) is 0. The fourth-order valence-corrected chi connectivity index (χ4v) is 8.82. The quantitative estimate of drug-likeness (QED) is 0.183. The van der Waals surface area contributed by atoms with Crippen LogP contribution >= 0.6 is 0 Å². The Kier molecular flexibility index (Phi) is 6.27. The van der Waals surface area contributed by atoms with Gasteiger partial charge in [-0.1, -0.05) is 121 Å². The van der Waals surface area contributed by atoms with Crippen LogP contribution in [0.4, 0.5) is 0 Å². The Morgan fingerprint density at radius 1 is 0.345 bits per heavy atom. The highest BCUT2D eigenvalue weighted by molar-refractivity contribution is 6.12. The minimum Gasteiger partial charge on any atom is -0.309 e. The van der Waals surface area contributed by atoms with E-state index in [9.17, 15) is 0 Å². The molecule has 0 saturated heterocycles. The maximum atomic E-state index is 5.34. The van der Waals surface area contributed by atoms with E-state index in [-0.39, 0.29) is 0 Å². The molecule has 0 fully saturated rings. The first kappa shape index (κ1) is 30.0. The van der Waals surface area contributed by atoms with Gasteiger partial charge in [0.05, 0.1) is 27.8 Å². The molecule has 5 heteroatoms. The molecule has 0 radical (unpaired) electrons. The second kappa shape index (κ2) is 11.5. The van der Waals surface area contributed by atoms with Gasteiger partial charge in [0.25, 0.3) is 0 Å². The van der Waals surface area contributed by atoms with Crippen LogP contribution in [0.2, 0.25) is 0 Å². The van der Waals surface area contributed by atoms with Crippen LogP contribution in [0.5, 0.6) is 0 Å². The predicted molar refractivity (Wildman–Crippen MR) is 228 cm³/mol. The van der Waals surface area contributed by atoms with Crippen LogP contribution in [0.3, 0.4) is 0 Å². The Hall–Kier alpha value is -7.50. The van der Waals surface area contributed by atoms with Gasteiger partial charge in [0.1, 0.15) is 11.2 Å². The van der Waals surface area contributed by atoms with E-state index >= 15 is 0 Å². The van der Waals surface area contributed by atoms with Crippen molar-refractivity contribution < 1.29 is 0 Å². The number of pyridine rings is 2. The van der Waals surface area contributed by atoms with E-state index in [4.69, 9.17) is 9.97 Å². The summed E-state index contributed by atoms with van der Waals surface area (Å²) in [4.78, 5) is 10.3. The molecule has 5 nitrogen and oxygen atoms in total. The number of benzene rings is 7. The number of aromatic nitrogens is 5. The summed E-state index contributed by atoms with van der Waals surface area (Å²) >= 11 is 0. The molecule has 0 aliphatic rings. The first-order valence-electron chi connectivity index (χ1n) is 18.7.